The minimum atomic E-state index is -2.97. The summed E-state index contributed by atoms with van der Waals surface area (Å²) in [4.78, 5) is 26.0. The van der Waals surface area contributed by atoms with Gasteiger partial charge in [0, 0.05) is 24.7 Å². The van der Waals surface area contributed by atoms with Gasteiger partial charge in [0.25, 0.3) is 0 Å². The number of amides is 2. The molecule has 1 aliphatic heterocycles. The maximum absolute atomic E-state index is 12.5. The highest BCUT2D eigenvalue weighted by Gasteiger charge is 2.22. The van der Waals surface area contributed by atoms with Gasteiger partial charge in [0.2, 0.25) is 11.8 Å². The molecule has 0 saturated carbocycles. The summed E-state index contributed by atoms with van der Waals surface area (Å²) in [7, 11) is 0. The van der Waals surface area contributed by atoms with E-state index < -0.39 is 12.5 Å². The van der Waals surface area contributed by atoms with Crippen LogP contribution in [0.3, 0.4) is 0 Å². The standard InChI is InChI=1S/C22H21ClF2N2O4/c1-2-30-19-12-14(5-9-18(19)31-22(24)25)6-10-20(28)26-17-13-15(7-8-16(17)23)27-11-3-4-21(27)29/h5-10,12-13,22H,2-4,11H2,1H3,(H,26,28)/b10-6+. The second kappa shape index (κ2) is 10.3. The number of benzene rings is 2. The summed E-state index contributed by atoms with van der Waals surface area (Å²) in [5.74, 6) is -0.351. The summed E-state index contributed by atoms with van der Waals surface area (Å²) >= 11 is 6.18. The van der Waals surface area contributed by atoms with Crippen molar-refractivity contribution in [3.63, 3.8) is 0 Å². The van der Waals surface area contributed by atoms with E-state index in [1.54, 1.807) is 30.0 Å². The van der Waals surface area contributed by atoms with Crippen molar-refractivity contribution in [3.8, 4) is 11.5 Å². The molecule has 1 aliphatic rings. The number of anilines is 2. The van der Waals surface area contributed by atoms with Crippen molar-refractivity contribution < 1.29 is 27.8 Å². The Morgan fingerprint density at radius 2 is 2.06 bits per heavy atom. The Hall–Kier alpha value is -3.13. The molecule has 3 rings (SSSR count). The first kappa shape index (κ1) is 22.6. The SMILES string of the molecule is CCOc1cc(/C=C/C(=O)Nc2cc(N3CCCC3=O)ccc2Cl)ccc1OC(F)F. The lowest BCUT2D eigenvalue weighted by Crippen LogP contribution is -2.23. The summed E-state index contributed by atoms with van der Waals surface area (Å²) < 4.78 is 34.8. The van der Waals surface area contributed by atoms with Gasteiger partial charge in [-0.1, -0.05) is 17.7 Å². The van der Waals surface area contributed by atoms with E-state index in [1.165, 1.54) is 30.4 Å². The number of nitrogens with zero attached hydrogens (tertiary/aromatic N) is 1. The molecule has 2 aromatic rings. The highest BCUT2D eigenvalue weighted by Crippen LogP contribution is 2.31. The van der Waals surface area contributed by atoms with Crippen molar-refractivity contribution in [2.24, 2.45) is 0 Å². The molecule has 0 atom stereocenters. The zero-order valence-electron chi connectivity index (χ0n) is 16.7. The Bertz CT molecular complexity index is 997. The van der Waals surface area contributed by atoms with E-state index in [-0.39, 0.29) is 24.0 Å². The molecule has 0 spiro atoms. The molecular formula is C22H21ClF2N2O4. The van der Waals surface area contributed by atoms with Gasteiger partial charge in [0.05, 0.1) is 17.3 Å². The highest BCUT2D eigenvalue weighted by atomic mass is 35.5. The minimum absolute atomic E-state index is 0.0314. The molecule has 1 saturated heterocycles. The van der Waals surface area contributed by atoms with Crippen LogP contribution in [0.15, 0.2) is 42.5 Å². The maximum atomic E-state index is 12.5. The van der Waals surface area contributed by atoms with Gasteiger partial charge in [-0.15, -0.1) is 0 Å². The van der Waals surface area contributed by atoms with Crippen LogP contribution < -0.4 is 19.7 Å². The quantitative estimate of drug-likeness (QED) is 0.567. The van der Waals surface area contributed by atoms with Gasteiger partial charge >= 0.3 is 6.61 Å². The van der Waals surface area contributed by atoms with Crippen LogP contribution in [0.25, 0.3) is 6.08 Å². The molecule has 0 aliphatic carbocycles. The van der Waals surface area contributed by atoms with Crippen molar-refractivity contribution in [3.05, 3.63) is 53.1 Å². The monoisotopic (exact) mass is 450 g/mol. The van der Waals surface area contributed by atoms with Crippen LogP contribution in [-0.4, -0.2) is 31.6 Å². The predicted molar refractivity (Wildman–Crippen MR) is 115 cm³/mol. The van der Waals surface area contributed by atoms with E-state index in [2.05, 4.69) is 10.1 Å². The first-order chi connectivity index (χ1) is 14.9. The predicted octanol–water partition coefficient (Wildman–Crippen LogP) is 5.12. The number of rotatable bonds is 8. The fourth-order valence-corrected chi connectivity index (χ4v) is 3.30. The molecule has 6 nitrogen and oxygen atoms in total. The van der Waals surface area contributed by atoms with Gasteiger partial charge < -0.3 is 19.7 Å². The summed E-state index contributed by atoms with van der Waals surface area (Å²) in [5, 5.41) is 3.02. The van der Waals surface area contributed by atoms with E-state index in [1.807, 2.05) is 0 Å². The molecule has 0 radical (unpaired) electrons. The van der Waals surface area contributed by atoms with Gasteiger partial charge in [-0.3, -0.25) is 9.59 Å². The van der Waals surface area contributed by atoms with E-state index in [0.29, 0.717) is 34.9 Å². The molecular weight excluding hydrogens is 430 g/mol. The highest BCUT2D eigenvalue weighted by molar-refractivity contribution is 6.34. The molecule has 0 bridgehead atoms. The third kappa shape index (κ3) is 5.95. The van der Waals surface area contributed by atoms with Gasteiger partial charge in [0.15, 0.2) is 11.5 Å². The number of ether oxygens (including phenoxy) is 2. The second-order valence-corrected chi connectivity index (χ2v) is 7.06. The molecule has 0 unspecified atom stereocenters. The van der Waals surface area contributed by atoms with E-state index >= 15 is 0 Å². The van der Waals surface area contributed by atoms with Crippen LogP contribution in [0.5, 0.6) is 11.5 Å². The molecule has 9 heteroatoms. The normalized spacial score (nSPS) is 13.8. The van der Waals surface area contributed by atoms with Crippen LogP contribution in [0.1, 0.15) is 25.3 Å². The summed E-state index contributed by atoms with van der Waals surface area (Å²) in [6.45, 7) is -0.360. The minimum Gasteiger partial charge on any atom is -0.490 e. The number of carbonyl (C=O) groups is 2. The Morgan fingerprint density at radius 3 is 2.74 bits per heavy atom. The van der Waals surface area contributed by atoms with Crippen molar-refractivity contribution >= 4 is 40.9 Å². The van der Waals surface area contributed by atoms with E-state index in [0.717, 1.165) is 6.42 Å². The molecule has 31 heavy (non-hydrogen) atoms. The summed E-state index contributed by atoms with van der Waals surface area (Å²) in [5.41, 5.74) is 1.61. The third-order valence-corrected chi connectivity index (χ3v) is 4.83. The van der Waals surface area contributed by atoms with Gasteiger partial charge in [-0.25, -0.2) is 0 Å². The number of halogens is 3. The maximum Gasteiger partial charge on any atom is 0.387 e. The zero-order chi connectivity index (χ0) is 22.4. The van der Waals surface area contributed by atoms with Crippen LogP contribution in [-0.2, 0) is 9.59 Å². The lowest BCUT2D eigenvalue weighted by molar-refractivity contribution is -0.117. The molecule has 1 fully saturated rings. The van der Waals surface area contributed by atoms with E-state index in [4.69, 9.17) is 16.3 Å². The van der Waals surface area contributed by atoms with Crippen molar-refractivity contribution in [1.29, 1.82) is 0 Å². The van der Waals surface area contributed by atoms with Gasteiger partial charge in [0.1, 0.15) is 0 Å². The van der Waals surface area contributed by atoms with Crippen LogP contribution in [0, 0.1) is 0 Å². The van der Waals surface area contributed by atoms with Gasteiger partial charge in [-0.05, 0) is 55.3 Å². The molecule has 1 N–H and O–H groups in total. The van der Waals surface area contributed by atoms with Crippen LogP contribution in [0.4, 0.5) is 20.2 Å². The summed E-state index contributed by atoms with van der Waals surface area (Å²) in [6, 6.07) is 9.38. The first-order valence-electron chi connectivity index (χ1n) is 9.68. The summed E-state index contributed by atoms with van der Waals surface area (Å²) in [6.07, 6.45) is 4.07. The lowest BCUT2D eigenvalue weighted by Gasteiger charge is -2.17. The molecule has 2 aromatic carbocycles. The number of alkyl halides is 2. The number of hydrogen-bond acceptors (Lipinski definition) is 4. The third-order valence-electron chi connectivity index (χ3n) is 4.50. The largest absolute Gasteiger partial charge is 0.490 e. The Labute approximate surface area is 183 Å². The Kier molecular flexibility index (Phi) is 7.46. The Morgan fingerprint density at radius 1 is 1.26 bits per heavy atom. The molecule has 0 aromatic heterocycles. The second-order valence-electron chi connectivity index (χ2n) is 6.65. The lowest BCUT2D eigenvalue weighted by atomic mass is 10.2. The van der Waals surface area contributed by atoms with Crippen molar-refractivity contribution in [2.45, 2.75) is 26.4 Å². The number of hydrogen-bond donors (Lipinski definition) is 1. The number of nitrogens with one attached hydrogen (secondary N) is 1. The van der Waals surface area contributed by atoms with Crippen molar-refractivity contribution in [1.82, 2.24) is 0 Å². The molecule has 2 amide bonds. The van der Waals surface area contributed by atoms with Crippen LogP contribution >= 0.6 is 11.6 Å². The number of carbonyl (C=O) groups excluding carboxylic acids is 2. The molecule has 1 heterocycles. The Balaban J connectivity index is 1.72. The van der Waals surface area contributed by atoms with Crippen LogP contribution in [0.2, 0.25) is 5.02 Å². The zero-order valence-corrected chi connectivity index (χ0v) is 17.5. The van der Waals surface area contributed by atoms with E-state index in [9.17, 15) is 18.4 Å². The molecule has 164 valence electrons. The van der Waals surface area contributed by atoms with Crippen molar-refractivity contribution in [2.75, 3.05) is 23.4 Å². The fourth-order valence-electron chi connectivity index (χ4n) is 3.13. The fraction of sp³-hybridized carbons (Fsp3) is 0.273. The topological polar surface area (TPSA) is 67.9 Å². The average molecular weight is 451 g/mol. The first-order valence-corrected chi connectivity index (χ1v) is 10.1. The average Bonchev–Trinajstić information content (AvgIpc) is 3.15. The van der Waals surface area contributed by atoms with Gasteiger partial charge in [-0.2, -0.15) is 8.78 Å². The smallest absolute Gasteiger partial charge is 0.387 e.